The van der Waals surface area contributed by atoms with Gasteiger partial charge in [-0.25, -0.2) is 0 Å². The molecule has 0 unspecified atom stereocenters. The number of rotatable bonds is 6. The van der Waals surface area contributed by atoms with Crippen molar-refractivity contribution in [3.8, 4) is 0 Å². The van der Waals surface area contributed by atoms with E-state index in [2.05, 4.69) is 47.0 Å². The molecule has 1 aromatic rings. The minimum absolute atomic E-state index is 0.493. The highest BCUT2D eigenvalue weighted by molar-refractivity contribution is 5.99. The van der Waals surface area contributed by atoms with E-state index in [1.165, 1.54) is 108 Å². The first-order valence-corrected chi connectivity index (χ1v) is 12.7. The summed E-state index contributed by atoms with van der Waals surface area (Å²) in [6, 6.07) is 12.6. The van der Waals surface area contributed by atoms with Gasteiger partial charge in [-0.2, -0.15) is 0 Å². The van der Waals surface area contributed by atoms with Crippen LogP contribution in [-0.2, 0) is 0 Å². The molecule has 0 bridgehead atoms. The maximum Gasteiger partial charge on any atom is 0.123 e. The summed E-state index contributed by atoms with van der Waals surface area (Å²) in [6.45, 7) is 0. The molecule has 3 nitrogen and oxygen atoms in total. The summed E-state index contributed by atoms with van der Waals surface area (Å²) < 4.78 is 0. The van der Waals surface area contributed by atoms with Crippen molar-refractivity contribution in [3.05, 3.63) is 42.0 Å². The average Bonchev–Trinajstić information content (AvgIpc) is 2.81. The van der Waals surface area contributed by atoms with E-state index in [1.54, 1.807) is 0 Å². The molecule has 3 saturated carbocycles. The Morgan fingerprint density at radius 3 is 1.80 bits per heavy atom. The van der Waals surface area contributed by atoms with Gasteiger partial charge in [-0.05, 0) is 44.1 Å². The molecule has 0 aliphatic heterocycles. The van der Waals surface area contributed by atoms with Crippen molar-refractivity contribution in [2.45, 2.75) is 114 Å². The molecule has 0 atom stereocenters. The Bertz CT molecular complexity index is 675. The second-order valence-electron chi connectivity index (χ2n) is 9.69. The molecule has 0 heterocycles. The topological polar surface area (TPSA) is 36.4 Å². The lowest BCUT2D eigenvalue weighted by Crippen LogP contribution is -2.37. The number of nitrogens with one attached hydrogen (secondary N) is 2. The molecule has 2 N–H and O–H groups in total. The van der Waals surface area contributed by atoms with Gasteiger partial charge in [0.15, 0.2) is 0 Å². The Kier molecular flexibility index (Phi) is 8.28. The monoisotopic (exact) mass is 407 g/mol. The molecule has 4 rings (SSSR count). The van der Waals surface area contributed by atoms with Crippen molar-refractivity contribution in [3.63, 3.8) is 0 Å². The maximum atomic E-state index is 5.28. The van der Waals surface area contributed by atoms with Gasteiger partial charge < -0.3 is 10.6 Å². The van der Waals surface area contributed by atoms with Gasteiger partial charge in [0, 0.05) is 23.9 Å². The van der Waals surface area contributed by atoms with Gasteiger partial charge in [-0.15, -0.1) is 0 Å². The maximum absolute atomic E-state index is 5.28. The first-order valence-electron chi connectivity index (χ1n) is 12.7. The van der Waals surface area contributed by atoms with Crippen LogP contribution in [0.4, 0.5) is 0 Å². The van der Waals surface area contributed by atoms with Crippen molar-refractivity contribution < 1.29 is 0 Å². The normalized spacial score (nSPS) is 23.3. The second kappa shape index (κ2) is 11.6. The van der Waals surface area contributed by atoms with Gasteiger partial charge >= 0.3 is 0 Å². The molecule has 3 aliphatic rings. The summed E-state index contributed by atoms with van der Waals surface area (Å²) in [7, 11) is 0. The Balaban J connectivity index is 1.58. The Morgan fingerprint density at radius 2 is 1.20 bits per heavy atom. The van der Waals surface area contributed by atoms with Crippen LogP contribution in [0.15, 0.2) is 41.4 Å². The highest BCUT2D eigenvalue weighted by Gasteiger charge is 2.19. The van der Waals surface area contributed by atoms with Crippen molar-refractivity contribution >= 4 is 11.5 Å². The SMILES string of the molecule is C(/C(=NC1CCCCC1)NC1CCCCC1)=C(/NC1CCCCC1)c1ccccc1. The van der Waals surface area contributed by atoms with E-state index in [0.717, 1.165) is 5.84 Å². The van der Waals surface area contributed by atoms with Gasteiger partial charge in [-0.1, -0.05) is 88.1 Å². The first-order chi connectivity index (χ1) is 14.9. The standard InChI is InChI=1S/C27H41N3/c1-5-13-22(14-6-1)26(28-23-15-7-2-8-16-23)21-27(29-24-17-9-3-10-18-24)30-25-19-11-4-12-20-25/h1,5-6,13-14,21,23-25,28H,2-4,7-12,15-20H2,(H,29,30)/b26-21-. The summed E-state index contributed by atoms with van der Waals surface area (Å²) in [5.74, 6) is 1.12. The van der Waals surface area contributed by atoms with E-state index in [0.29, 0.717) is 18.1 Å². The van der Waals surface area contributed by atoms with Gasteiger partial charge in [0.1, 0.15) is 5.84 Å². The van der Waals surface area contributed by atoms with E-state index in [-0.39, 0.29) is 0 Å². The van der Waals surface area contributed by atoms with Gasteiger partial charge in [0.25, 0.3) is 0 Å². The van der Waals surface area contributed by atoms with Crippen LogP contribution < -0.4 is 10.6 Å². The van der Waals surface area contributed by atoms with Crippen LogP contribution in [0.1, 0.15) is 102 Å². The number of benzene rings is 1. The molecule has 0 amide bonds. The quantitative estimate of drug-likeness (QED) is 0.411. The number of amidine groups is 1. The smallest absolute Gasteiger partial charge is 0.123 e. The Hall–Kier alpha value is -1.77. The minimum Gasteiger partial charge on any atom is -0.382 e. The third-order valence-corrected chi connectivity index (χ3v) is 7.18. The number of hydrogen-bond donors (Lipinski definition) is 2. The zero-order chi connectivity index (χ0) is 20.4. The summed E-state index contributed by atoms with van der Waals surface area (Å²) in [5.41, 5.74) is 2.53. The summed E-state index contributed by atoms with van der Waals surface area (Å²) in [6.07, 6.45) is 22.2. The van der Waals surface area contributed by atoms with E-state index < -0.39 is 0 Å². The second-order valence-corrected chi connectivity index (χ2v) is 9.69. The van der Waals surface area contributed by atoms with Crippen LogP contribution in [-0.4, -0.2) is 24.0 Å². The van der Waals surface area contributed by atoms with E-state index >= 15 is 0 Å². The molecule has 0 saturated heterocycles. The van der Waals surface area contributed by atoms with E-state index in [4.69, 9.17) is 4.99 Å². The van der Waals surface area contributed by atoms with E-state index in [9.17, 15) is 0 Å². The molecular formula is C27H41N3. The molecular weight excluding hydrogens is 366 g/mol. The highest BCUT2D eigenvalue weighted by atomic mass is 15.0. The molecule has 3 aliphatic carbocycles. The average molecular weight is 408 g/mol. The predicted molar refractivity (Wildman–Crippen MR) is 129 cm³/mol. The van der Waals surface area contributed by atoms with Crippen LogP contribution in [0.3, 0.4) is 0 Å². The van der Waals surface area contributed by atoms with Crippen LogP contribution >= 0.6 is 0 Å². The third kappa shape index (κ3) is 6.62. The molecule has 0 spiro atoms. The molecule has 3 heteroatoms. The van der Waals surface area contributed by atoms with Gasteiger partial charge in [0.05, 0.1) is 6.04 Å². The van der Waals surface area contributed by atoms with E-state index in [1.807, 2.05) is 0 Å². The van der Waals surface area contributed by atoms with Gasteiger partial charge in [-0.3, -0.25) is 4.99 Å². The molecule has 0 aromatic heterocycles. The van der Waals surface area contributed by atoms with Crippen LogP contribution in [0, 0.1) is 0 Å². The Labute approximate surface area is 183 Å². The molecule has 1 aromatic carbocycles. The van der Waals surface area contributed by atoms with Crippen molar-refractivity contribution in [1.29, 1.82) is 0 Å². The lowest BCUT2D eigenvalue weighted by atomic mass is 9.94. The molecule has 164 valence electrons. The summed E-state index contributed by atoms with van der Waals surface area (Å²) in [5, 5.41) is 7.79. The summed E-state index contributed by atoms with van der Waals surface area (Å²) >= 11 is 0. The van der Waals surface area contributed by atoms with Crippen molar-refractivity contribution in [2.24, 2.45) is 4.99 Å². The summed E-state index contributed by atoms with van der Waals surface area (Å²) in [4.78, 5) is 5.28. The van der Waals surface area contributed by atoms with Crippen molar-refractivity contribution in [1.82, 2.24) is 10.6 Å². The molecule has 0 radical (unpaired) electrons. The van der Waals surface area contributed by atoms with Crippen LogP contribution in [0.25, 0.3) is 5.70 Å². The number of hydrogen-bond acceptors (Lipinski definition) is 2. The number of nitrogens with zero attached hydrogens (tertiary/aromatic N) is 1. The lowest BCUT2D eigenvalue weighted by molar-refractivity contribution is 0.407. The fraction of sp³-hybridized carbons (Fsp3) is 0.667. The zero-order valence-electron chi connectivity index (χ0n) is 18.7. The molecule has 30 heavy (non-hydrogen) atoms. The largest absolute Gasteiger partial charge is 0.382 e. The Morgan fingerprint density at radius 1 is 0.667 bits per heavy atom. The van der Waals surface area contributed by atoms with Crippen LogP contribution in [0.2, 0.25) is 0 Å². The fourth-order valence-electron chi connectivity index (χ4n) is 5.41. The molecule has 3 fully saturated rings. The minimum atomic E-state index is 0.493. The highest BCUT2D eigenvalue weighted by Crippen LogP contribution is 2.24. The van der Waals surface area contributed by atoms with Crippen LogP contribution in [0.5, 0.6) is 0 Å². The van der Waals surface area contributed by atoms with Crippen molar-refractivity contribution in [2.75, 3.05) is 0 Å². The number of aliphatic imine (C=N–C) groups is 1. The zero-order valence-corrected chi connectivity index (χ0v) is 18.7. The fourth-order valence-corrected chi connectivity index (χ4v) is 5.41. The lowest BCUT2D eigenvalue weighted by Gasteiger charge is -2.28. The van der Waals surface area contributed by atoms with Gasteiger partial charge in [0.2, 0.25) is 0 Å². The first kappa shape index (κ1) is 21.5. The third-order valence-electron chi connectivity index (χ3n) is 7.18. The predicted octanol–water partition coefficient (Wildman–Crippen LogP) is 6.60.